The summed E-state index contributed by atoms with van der Waals surface area (Å²) in [7, 11) is 0. The molecule has 1 unspecified atom stereocenters. The zero-order valence-electron chi connectivity index (χ0n) is 42.5. The van der Waals surface area contributed by atoms with Gasteiger partial charge in [-0.2, -0.15) is 4.57 Å². The number of nitrogens with zero attached hydrogens (tertiary/aromatic N) is 3. The third-order valence-electron chi connectivity index (χ3n) is 15.4. The van der Waals surface area contributed by atoms with Gasteiger partial charge in [0.05, 0.1) is 5.56 Å². The molecule has 1 spiro atoms. The van der Waals surface area contributed by atoms with Crippen molar-refractivity contribution in [2.24, 2.45) is 5.41 Å². The third-order valence-corrected chi connectivity index (χ3v) is 15.4. The molecule has 2 aromatic heterocycles. The topological polar surface area (TPSA) is 21.9 Å². The van der Waals surface area contributed by atoms with E-state index in [1.54, 1.807) is 0 Å². The summed E-state index contributed by atoms with van der Waals surface area (Å²) >= 11 is 0. The fourth-order valence-corrected chi connectivity index (χ4v) is 10.6. The summed E-state index contributed by atoms with van der Waals surface area (Å²) < 4.78 is 34.7. The fourth-order valence-electron chi connectivity index (χ4n) is 10.6. The summed E-state index contributed by atoms with van der Waals surface area (Å²) in [4.78, 5) is 0. The lowest BCUT2D eigenvalue weighted by molar-refractivity contribution is -0.997. The van der Waals surface area contributed by atoms with Gasteiger partial charge in [0.2, 0.25) is 5.69 Å². The Hall–Kier alpha value is -6.26. The van der Waals surface area contributed by atoms with Gasteiger partial charge in [0.15, 0.2) is 23.0 Å². The number of aryl methyl sites for hydroxylation is 1. The Kier molecular flexibility index (Phi) is 8.35. The van der Waals surface area contributed by atoms with Gasteiger partial charge in [-0.15, -0.1) is 9.13 Å². The lowest BCUT2D eigenvalue weighted by Gasteiger charge is -2.39. The van der Waals surface area contributed by atoms with Crippen LogP contribution in [-0.2, 0) is 16.7 Å². The first-order chi connectivity index (χ1) is 31.4. The first kappa shape index (κ1) is 39.1. The van der Waals surface area contributed by atoms with E-state index < -0.39 is 17.6 Å². The minimum Gasteiger partial charge on any atom is -0.392 e. The van der Waals surface area contributed by atoms with Crippen molar-refractivity contribution in [3.05, 3.63) is 167 Å². The minimum atomic E-state index is -1.21. The van der Waals surface area contributed by atoms with Crippen molar-refractivity contribution < 1.29 is 16.6 Å². The average Bonchev–Trinajstić information content (AvgIpc) is 3.76. The second-order valence-electron chi connectivity index (χ2n) is 22.0. The number of hydrogen-bond donors (Lipinski definition) is 0. The molecule has 0 fully saturated rings. The number of imidazole rings is 1. The molecule has 6 aromatic carbocycles. The highest BCUT2D eigenvalue weighted by atomic mass is 16.5. The molecule has 11 rings (SSSR count). The van der Waals surface area contributed by atoms with E-state index in [4.69, 9.17) is 4.74 Å². The van der Waals surface area contributed by atoms with Crippen LogP contribution in [0.5, 0.6) is 5.75 Å². The van der Waals surface area contributed by atoms with E-state index in [9.17, 15) is 2.74 Å². The van der Waals surface area contributed by atoms with Gasteiger partial charge >= 0.3 is 11.7 Å². The highest BCUT2D eigenvalue weighted by Crippen LogP contribution is 2.56. The zero-order valence-corrected chi connectivity index (χ0v) is 40.5. The molecule has 65 heavy (non-hydrogen) atoms. The Balaban J connectivity index is 1.36. The van der Waals surface area contributed by atoms with Crippen molar-refractivity contribution in [3.63, 3.8) is 0 Å². The third kappa shape index (κ3) is 5.81. The summed E-state index contributed by atoms with van der Waals surface area (Å²) in [6.07, 6.45) is 2.23. The van der Waals surface area contributed by atoms with Crippen molar-refractivity contribution >= 4 is 11.0 Å². The first-order valence-corrected chi connectivity index (χ1v) is 23.4. The predicted molar refractivity (Wildman–Crippen MR) is 268 cm³/mol. The van der Waals surface area contributed by atoms with E-state index >= 15 is 0 Å². The standard InChI is InChI=1S/C61H63N3O/c1-36(2)42-30-46(37(3)4)56-50(31-42)57-63(51-27-26-43(60(12,13)59(9,10)11)33-47(51)40-18-15-14-16-19-40)52-21-17-20-45-48-34-44(58(6,7)8)35-49-53-32-41(39-24-22-38(5)23-25-39)28-29-62(53)61(65-56,54(48)49)64(57)55(45)52/h14-37H,1-13H3/q+2/i36D,37D. The van der Waals surface area contributed by atoms with Gasteiger partial charge < -0.3 is 4.74 Å². The van der Waals surface area contributed by atoms with Crippen molar-refractivity contribution in [3.8, 4) is 67.5 Å². The molecule has 0 saturated heterocycles. The van der Waals surface area contributed by atoms with E-state index in [0.29, 0.717) is 5.75 Å². The highest BCUT2D eigenvalue weighted by Gasteiger charge is 2.69. The maximum atomic E-state index is 9.83. The number of fused-ring (bicyclic) bond motifs is 5. The maximum Gasteiger partial charge on any atom is 0.499 e. The van der Waals surface area contributed by atoms with Crippen molar-refractivity contribution in [2.75, 3.05) is 0 Å². The van der Waals surface area contributed by atoms with Gasteiger partial charge in [0.25, 0.3) is 0 Å². The van der Waals surface area contributed by atoms with Crippen molar-refractivity contribution in [1.29, 1.82) is 0 Å². The van der Waals surface area contributed by atoms with Gasteiger partial charge in [-0.1, -0.05) is 161 Å². The SMILES string of the molecule is [2H]C(C)(C)c1cc2c(c(C([2H])(C)C)c1)OC13c4c(cc(C(C)(C)C)cc4-c4cc(-c5ccc(C)cc5)cc[n+]41)-c1cccc4c1[n+]3c-2n4-c1ccc(C(C)(C)C(C)(C)C)cc1-c1ccccc1. The summed E-state index contributed by atoms with van der Waals surface area (Å²) in [6.45, 7) is 28.5. The van der Waals surface area contributed by atoms with Gasteiger partial charge in [0, 0.05) is 31.6 Å². The Morgan fingerprint density at radius 2 is 1.32 bits per heavy atom. The molecule has 0 aliphatic carbocycles. The van der Waals surface area contributed by atoms with Crippen LogP contribution in [-0.4, -0.2) is 4.57 Å². The number of ether oxygens (including phenoxy) is 1. The Bertz CT molecular complexity index is 3390. The largest absolute Gasteiger partial charge is 0.499 e. The normalized spacial score (nSPS) is 16.7. The second kappa shape index (κ2) is 13.9. The van der Waals surface area contributed by atoms with Crippen LogP contribution in [0.4, 0.5) is 0 Å². The van der Waals surface area contributed by atoms with Crippen LogP contribution in [0.15, 0.2) is 134 Å². The molecule has 0 saturated carbocycles. The van der Waals surface area contributed by atoms with Crippen LogP contribution in [0.3, 0.4) is 0 Å². The average molecular weight is 856 g/mol. The van der Waals surface area contributed by atoms with E-state index in [0.717, 1.165) is 89.4 Å². The van der Waals surface area contributed by atoms with Crippen LogP contribution in [0.25, 0.3) is 72.7 Å². The number of benzene rings is 6. The number of aromatic nitrogens is 3. The van der Waals surface area contributed by atoms with Crippen LogP contribution in [0.2, 0.25) is 0 Å². The quantitative estimate of drug-likeness (QED) is 0.153. The van der Waals surface area contributed by atoms with Gasteiger partial charge in [-0.05, 0) is 116 Å². The van der Waals surface area contributed by atoms with Crippen molar-refractivity contribution in [2.45, 2.75) is 118 Å². The Morgan fingerprint density at radius 3 is 2.00 bits per heavy atom. The van der Waals surface area contributed by atoms with Crippen molar-refractivity contribution in [1.82, 2.24) is 4.57 Å². The van der Waals surface area contributed by atoms with E-state index in [2.05, 4.69) is 210 Å². The molecular weight excluding hydrogens is 791 g/mol. The molecule has 326 valence electrons. The van der Waals surface area contributed by atoms with Gasteiger partial charge in [-0.25, -0.2) is 0 Å². The lowest BCUT2D eigenvalue weighted by Crippen LogP contribution is -2.78. The number of pyridine rings is 1. The number of hydrogen-bond acceptors (Lipinski definition) is 1. The smallest absolute Gasteiger partial charge is 0.392 e. The molecule has 3 aliphatic rings. The van der Waals surface area contributed by atoms with Crippen LogP contribution >= 0.6 is 0 Å². The first-order valence-electron chi connectivity index (χ1n) is 24.4. The van der Waals surface area contributed by atoms with E-state index in [1.807, 2.05) is 27.7 Å². The molecule has 1 atom stereocenters. The second-order valence-corrected chi connectivity index (χ2v) is 22.0. The van der Waals surface area contributed by atoms with E-state index in [1.165, 1.54) is 16.7 Å². The monoisotopic (exact) mass is 856 g/mol. The molecular formula is C61H63N3O+2. The molecule has 4 heteroatoms. The summed E-state index contributed by atoms with van der Waals surface area (Å²) in [5.41, 5.74) is 19.3. The summed E-state index contributed by atoms with van der Waals surface area (Å²) in [5, 5.41) is 0. The zero-order chi connectivity index (χ0) is 47.5. The minimum absolute atomic E-state index is 0.00528. The lowest BCUT2D eigenvalue weighted by atomic mass is 9.65. The van der Waals surface area contributed by atoms with Gasteiger partial charge in [0.1, 0.15) is 16.8 Å². The Labute approximate surface area is 389 Å². The summed E-state index contributed by atoms with van der Waals surface area (Å²) in [5.74, 6) is -1.60. The number of para-hydroxylation sites is 1. The molecule has 0 radical (unpaired) electrons. The molecule has 0 N–H and O–H groups in total. The molecule has 8 aromatic rings. The molecule has 0 bridgehead atoms. The fraction of sp³-hybridized carbons (Fsp3) is 0.311. The molecule has 5 heterocycles. The molecule has 3 aliphatic heterocycles. The Morgan fingerprint density at radius 1 is 0.615 bits per heavy atom. The number of rotatable bonds is 6. The van der Waals surface area contributed by atoms with Gasteiger partial charge in [-0.3, -0.25) is 0 Å². The van der Waals surface area contributed by atoms with Crippen LogP contribution in [0.1, 0.15) is 131 Å². The van der Waals surface area contributed by atoms with Crippen LogP contribution in [0, 0.1) is 12.3 Å². The highest BCUT2D eigenvalue weighted by molar-refractivity contribution is 5.98. The molecule has 4 nitrogen and oxygen atoms in total. The maximum absolute atomic E-state index is 9.83. The summed E-state index contributed by atoms with van der Waals surface area (Å²) in [6, 6.07) is 47.2. The van der Waals surface area contributed by atoms with E-state index in [-0.39, 0.29) is 16.2 Å². The van der Waals surface area contributed by atoms with Crippen LogP contribution < -0.4 is 13.9 Å². The predicted octanol–water partition coefficient (Wildman–Crippen LogP) is 14.9. The molecule has 0 amide bonds.